The molecule has 0 amide bonds. The molecule has 1 aliphatic rings. The normalized spacial score (nSPS) is 17.8. The van der Waals surface area contributed by atoms with E-state index in [4.69, 9.17) is 4.74 Å². The number of rotatable bonds is 7. The van der Waals surface area contributed by atoms with Crippen LogP contribution in [0.1, 0.15) is 22.3 Å². The second kappa shape index (κ2) is 8.41. The van der Waals surface area contributed by atoms with Gasteiger partial charge in [-0.1, -0.05) is 103 Å². The van der Waals surface area contributed by atoms with Crippen LogP contribution in [0.5, 0.6) is 5.75 Å². The van der Waals surface area contributed by atoms with Crippen LogP contribution in [0.15, 0.2) is 115 Å². The van der Waals surface area contributed by atoms with Crippen molar-refractivity contribution in [3.63, 3.8) is 0 Å². The van der Waals surface area contributed by atoms with Gasteiger partial charge in [0, 0.05) is 12.6 Å². The summed E-state index contributed by atoms with van der Waals surface area (Å²) in [6.45, 7) is 1.06. The van der Waals surface area contributed by atoms with E-state index in [9.17, 15) is 0 Å². The summed E-state index contributed by atoms with van der Waals surface area (Å²) in [5, 5.41) is 0. The Hall–Kier alpha value is -3.36. The average molecular weight is 406 g/mol. The number of benzene rings is 4. The van der Waals surface area contributed by atoms with E-state index in [0.717, 1.165) is 18.7 Å². The molecule has 0 spiro atoms. The highest BCUT2D eigenvalue weighted by atomic mass is 16.5. The molecule has 5 rings (SSSR count). The number of ether oxygens (including phenoxy) is 1. The van der Waals surface area contributed by atoms with E-state index in [2.05, 4.69) is 120 Å². The summed E-state index contributed by atoms with van der Waals surface area (Å²) in [7, 11) is 1.71. The van der Waals surface area contributed by atoms with E-state index >= 15 is 0 Å². The summed E-state index contributed by atoms with van der Waals surface area (Å²) in [5.41, 5.74) is 4.97. The van der Waals surface area contributed by atoms with Crippen LogP contribution >= 0.6 is 0 Å². The van der Waals surface area contributed by atoms with Gasteiger partial charge in [0.15, 0.2) is 0 Å². The molecule has 31 heavy (non-hydrogen) atoms. The van der Waals surface area contributed by atoms with Gasteiger partial charge in [-0.3, -0.25) is 4.90 Å². The summed E-state index contributed by atoms with van der Waals surface area (Å²) in [4.78, 5) is 2.65. The van der Waals surface area contributed by atoms with Crippen molar-refractivity contribution in [1.29, 1.82) is 0 Å². The minimum Gasteiger partial charge on any atom is -0.497 e. The minimum absolute atomic E-state index is 0.305. The topological polar surface area (TPSA) is 12.2 Å². The number of hydrogen-bond acceptors (Lipinski definition) is 2. The zero-order valence-corrected chi connectivity index (χ0v) is 17.8. The quantitative estimate of drug-likeness (QED) is 0.280. The second-order valence-corrected chi connectivity index (χ2v) is 8.17. The molecule has 0 N–H and O–H groups in total. The molecule has 1 aliphatic heterocycles. The van der Waals surface area contributed by atoms with Crippen molar-refractivity contribution >= 4 is 0 Å². The highest BCUT2D eigenvalue weighted by molar-refractivity contribution is 5.51. The molecule has 2 nitrogen and oxygen atoms in total. The van der Waals surface area contributed by atoms with Crippen molar-refractivity contribution in [3.05, 3.63) is 138 Å². The van der Waals surface area contributed by atoms with Gasteiger partial charge >= 0.3 is 0 Å². The first-order valence-corrected chi connectivity index (χ1v) is 10.9. The van der Waals surface area contributed by atoms with Gasteiger partial charge in [0.25, 0.3) is 0 Å². The Morgan fingerprint density at radius 1 is 0.677 bits per heavy atom. The molecule has 0 bridgehead atoms. The standard InChI is InChI=1S/C29H27NO/c1-31-28-19-17-23(18-20-28)21-27-22-30(27)29(24-11-5-2-6-12-24,25-13-7-3-8-14-25)26-15-9-4-10-16-26/h2-20,27H,21-22H2,1H3/t27-,30?/m0/s1. The predicted octanol–water partition coefficient (Wildman–Crippen LogP) is 5.91. The van der Waals surface area contributed by atoms with Gasteiger partial charge in [-0.2, -0.15) is 0 Å². The fourth-order valence-corrected chi connectivity index (χ4v) is 4.83. The highest BCUT2D eigenvalue weighted by Gasteiger charge is 2.52. The SMILES string of the molecule is COc1ccc(C[C@H]2CN2C(c2ccccc2)(c2ccccc2)c2ccccc2)cc1. The van der Waals surface area contributed by atoms with Crippen molar-refractivity contribution in [2.45, 2.75) is 18.0 Å². The van der Waals surface area contributed by atoms with Crippen LogP contribution in [0.3, 0.4) is 0 Å². The first kappa shape index (κ1) is 19.6. The molecule has 4 aromatic rings. The first-order chi connectivity index (χ1) is 15.3. The molecule has 0 aromatic heterocycles. The van der Waals surface area contributed by atoms with Crippen molar-refractivity contribution in [3.8, 4) is 5.75 Å². The molecule has 1 fully saturated rings. The zero-order valence-electron chi connectivity index (χ0n) is 17.8. The van der Waals surface area contributed by atoms with E-state index in [1.807, 2.05) is 0 Å². The number of hydrogen-bond donors (Lipinski definition) is 0. The van der Waals surface area contributed by atoms with Gasteiger partial charge < -0.3 is 4.74 Å². The summed E-state index contributed by atoms with van der Waals surface area (Å²) in [6.07, 6.45) is 1.03. The molecular formula is C29H27NO. The molecular weight excluding hydrogens is 378 g/mol. The van der Waals surface area contributed by atoms with Crippen LogP contribution in [-0.4, -0.2) is 24.6 Å². The van der Waals surface area contributed by atoms with Gasteiger partial charge in [0.1, 0.15) is 5.75 Å². The predicted molar refractivity (Wildman–Crippen MR) is 126 cm³/mol. The Morgan fingerprint density at radius 3 is 1.55 bits per heavy atom. The van der Waals surface area contributed by atoms with Crippen molar-refractivity contribution in [2.75, 3.05) is 13.7 Å². The molecule has 0 saturated carbocycles. The van der Waals surface area contributed by atoms with Crippen molar-refractivity contribution in [1.82, 2.24) is 4.90 Å². The maximum absolute atomic E-state index is 5.33. The molecule has 2 heteroatoms. The van der Waals surface area contributed by atoms with Gasteiger partial charge in [-0.25, -0.2) is 0 Å². The molecule has 154 valence electrons. The lowest BCUT2D eigenvalue weighted by molar-refractivity contribution is 0.320. The van der Waals surface area contributed by atoms with E-state index in [1.54, 1.807) is 7.11 Å². The fraction of sp³-hybridized carbons (Fsp3) is 0.172. The summed E-state index contributed by atoms with van der Waals surface area (Å²) in [5.74, 6) is 0.906. The Balaban J connectivity index is 1.59. The molecule has 0 radical (unpaired) electrons. The third kappa shape index (κ3) is 3.64. The van der Waals surface area contributed by atoms with Crippen molar-refractivity contribution < 1.29 is 4.74 Å². The Kier molecular flexibility index (Phi) is 5.31. The van der Waals surface area contributed by atoms with Gasteiger partial charge in [-0.05, 0) is 40.8 Å². The van der Waals surface area contributed by atoms with Crippen LogP contribution < -0.4 is 4.74 Å². The molecule has 1 heterocycles. The highest BCUT2D eigenvalue weighted by Crippen LogP contribution is 2.48. The molecule has 2 atom stereocenters. The smallest absolute Gasteiger partial charge is 0.118 e. The lowest BCUT2D eigenvalue weighted by Gasteiger charge is -2.38. The lowest BCUT2D eigenvalue weighted by atomic mass is 9.76. The number of methoxy groups -OCH3 is 1. The van der Waals surface area contributed by atoms with E-state index in [-0.39, 0.29) is 5.54 Å². The summed E-state index contributed by atoms with van der Waals surface area (Å²) >= 11 is 0. The van der Waals surface area contributed by atoms with E-state index in [0.29, 0.717) is 6.04 Å². The number of nitrogens with zero attached hydrogens (tertiary/aromatic N) is 1. The van der Waals surface area contributed by atoms with E-state index < -0.39 is 0 Å². The monoisotopic (exact) mass is 405 g/mol. The van der Waals surface area contributed by atoms with Crippen LogP contribution in [0.4, 0.5) is 0 Å². The Labute approximate surface area is 184 Å². The molecule has 1 unspecified atom stereocenters. The largest absolute Gasteiger partial charge is 0.497 e. The molecule has 1 saturated heterocycles. The molecule has 4 aromatic carbocycles. The maximum Gasteiger partial charge on any atom is 0.118 e. The minimum atomic E-state index is -0.305. The van der Waals surface area contributed by atoms with Crippen LogP contribution in [-0.2, 0) is 12.0 Å². The first-order valence-electron chi connectivity index (χ1n) is 10.9. The third-order valence-electron chi connectivity index (χ3n) is 6.35. The fourth-order valence-electron chi connectivity index (χ4n) is 4.83. The second-order valence-electron chi connectivity index (χ2n) is 8.17. The van der Waals surface area contributed by atoms with Gasteiger partial charge in [-0.15, -0.1) is 0 Å². The Morgan fingerprint density at radius 2 is 1.13 bits per heavy atom. The zero-order chi connectivity index (χ0) is 21.1. The summed E-state index contributed by atoms with van der Waals surface area (Å²) < 4.78 is 5.33. The Bertz CT molecular complexity index is 1010. The van der Waals surface area contributed by atoms with Gasteiger partial charge in [0.2, 0.25) is 0 Å². The van der Waals surface area contributed by atoms with Crippen LogP contribution in [0, 0.1) is 0 Å². The van der Waals surface area contributed by atoms with E-state index in [1.165, 1.54) is 22.3 Å². The average Bonchev–Trinajstić information content (AvgIpc) is 3.61. The maximum atomic E-state index is 5.33. The summed E-state index contributed by atoms with van der Waals surface area (Å²) in [6, 6.07) is 41.8. The van der Waals surface area contributed by atoms with Gasteiger partial charge in [0.05, 0.1) is 12.6 Å². The molecule has 0 aliphatic carbocycles. The van der Waals surface area contributed by atoms with Crippen LogP contribution in [0.2, 0.25) is 0 Å². The lowest BCUT2D eigenvalue weighted by Crippen LogP contribution is -2.39. The van der Waals surface area contributed by atoms with Crippen LogP contribution in [0.25, 0.3) is 0 Å². The third-order valence-corrected chi connectivity index (χ3v) is 6.35. The van der Waals surface area contributed by atoms with Crippen molar-refractivity contribution in [2.24, 2.45) is 0 Å².